The molecule has 3 heteroatoms. The summed E-state index contributed by atoms with van der Waals surface area (Å²) >= 11 is 3.49. The first kappa shape index (κ1) is 13.9. The molecule has 18 heavy (non-hydrogen) atoms. The predicted octanol–water partition coefficient (Wildman–Crippen LogP) is 4.19. The fourth-order valence-corrected chi connectivity index (χ4v) is 3.31. The average molecular weight is 312 g/mol. The Kier molecular flexibility index (Phi) is 4.68. The second kappa shape index (κ2) is 6.07. The SMILES string of the molecule is CC(CO)(Nc1cccc(Br)c1)C1CCCCC1. The van der Waals surface area contributed by atoms with Crippen molar-refractivity contribution in [3.63, 3.8) is 0 Å². The minimum Gasteiger partial charge on any atom is -0.394 e. The van der Waals surface area contributed by atoms with Crippen LogP contribution in [0.25, 0.3) is 0 Å². The molecule has 1 aliphatic carbocycles. The van der Waals surface area contributed by atoms with Crippen LogP contribution in [-0.2, 0) is 0 Å². The van der Waals surface area contributed by atoms with Gasteiger partial charge in [0.2, 0.25) is 0 Å². The number of aliphatic hydroxyl groups is 1. The third-order valence-electron chi connectivity index (χ3n) is 4.09. The molecule has 1 aliphatic rings. The first-order valence-corrected chi connectivity index (χ1v) is 7.58. The second-order valence-corrected chi connectivity index (χ2v) is 6.46. The Morgan fingerprint density at radius 2 is 2.06 bits per heavy atom. The molecule has 0 aliphatic heterocycles. The molecule has 2 nitrogen and oxygen atoms in total. The number of hydrogen-bond donors (Lipinski definition) is 2. The van der Waals surface area contributed by atoms with Crippen molar-refractivity contribution in [3.8, 4) is 0 Å². The van der Waals surface area contributed by atoms with Gasteiger partial charge in [-0.1, -0.05) is 41.3 Å². The molecule has 0 amide bonds. The molecule has 0 radical (unpaired) electrons. The smallest absolute Gasteiger partial charge is 0.0661 e. The van der Waals surface area contributed by atoms with Crippen LogP contribution in [0, 0.1) is 5.92 Å². The lowest BCUT2D eigenvalue weighted by molar-refractivity contribution is 0.144. The number of halogens is 1. The van der Waals surface area contributed by atoms with Crippen LogP contribution in [0.1, 0.15) is 39.0 Å². The number of benzene rings is 1. The Morgan fingerprint density at radius 3 is 2.67 bits per heavy atom. The lowest BCUT2D eigenvalue weighted by Gasteiger charge is -2.40. The number of nitrogens with one attached hydrogen (secondary N) is 1. The highest BCUT2D eigenvalue weighted by Crippen LogP contribution is 2.35. The summed E-state index contributed by atoms with van der Waals surface area (Å²) in [7, 11) is 0. The van der Waals surface area contributed by atoms with Crippen LogP contribution in [-0.4, -0.2) is 17.3 Å². The van der Waals surface area contributed by atoms with E-state index in [2.05, 4.69) is 40.3 Å². The minimum atomic E-state index is -0.207. The summed E-state index contributed by atoms with van der Waals surface area (Å²) in [4.78, 5) is 0. The van der Waals surface area contributed by atoms with E-state index in [9.17, 15) is 5.11 Å². The van der Waals surface area contributed by atoms with Crippen LogP contribution in [0.3, 0.4) is 0 Å². The molecule has 0 bridgehead atoms. The molecule has 100 valence electrons. The standard InChI is InChI=1S/C15H22BrNO/c1-15(11-18,12-6-3-2-4-7-12)17-14-9-5-8-13(16)10-14/h5,8-10,12,17-18H,2-4,6-7,11H2,1H3. The highest BCUT2D eigenvalue weighted by Gasteiger charge is 2.34. The number of hydrogen-bond acceptors (Lipinski definition) is 2. The first-order valence-electron chi connectivity index (χ1n) is 6.79. The summed E-state index contributed by atoms with van der Waals surface area (Å²) in [5, 5.41) is 13.3. The first-order chi connectivity index (χ1) is 8.64. The molecule has 1 atom stereocenters. The van der Waals surface area contributed by atoms with Crippen molar-refractivity contribution >= 4 is 21.6 Å². The number of aliphatic hydroxyl groups excluding tert-OH is 1. The van der Waals surface area contributed by atoms with Gasteiger partial charge in [0.25, 0.3) is 0 Å². The van der Waals surface area contributed by atoms with Gasteiger partial charge < -0.3 is 10.4 Å². The molecular formula is C15H22BrNO. The van der Waals surface area contributed by atoms with E-state index in [0.717, 1.165) is 10.2 Å². The van der Waals surface area contributed by atoms with Crippen LogP contribution in [0.4, 0.5) is 5.69 Å². The van der Waals surface area contributed by atoms with Gasteiger partial charge in [-0.25, -0.2) is 0 Å². The minimum absolute atomic E-state index is 0.185. The topological polar surface area (TPSA) is 32.3 Å². The average Bonchev–Trinajstić information content (AvgIpc) is 2.39. The van der Waals surface area contributed by atoms with E-state index in [0.29, 0.717) is 5.92 Å². The van der Waals surface area contributed by atoms with E-state index in [1.807, 2.05) is 12.1 Å². The van der Waals surface area contributed by atoms with Crippen LogP contribution in [0.2, 0.25) is 0 Å². The summed E-state index contributed by atoms with van der Waals surface area (Å²) in [5.41, 5.74) is 0.868. The van der Waals surface area contributed by atoms with Gasteiger partial charge >= 0.3 is 0 Å². The monoisotopic (exact) mass is 311 g/mol. The maximum atomic E-state index is 9.79. The van der Waals surface area contributed by atoms with Crippen molar-refractivity contribution in [3.05, 3.63) is 28.7 Å². The highest BCUT2D eigenvalue weighted by molar-refractivity contribution is 9.10. The lowest BCUT2D eigenvalue weighted by atomic mass is 9.76. The Balaban J connectivity index is 2.11. The number of rotatable bonds is 4. The maximum absolute atomic E-state index is 9.79. The fourth-order valence-electron chi connectivity index (χ4n) is 2.91. The quantitative estimate of drug-likeness (QED) is 0.873. The largest absolute Gasteiger partial charge is 0.394 e. The molecule has 2 rings (SSSR count). The maximum Gasteiger partial charge on any atom is 0.0661 e. The molecule has 0 saturated heterocycles. The molecule has 0 heterocycles. The third-order valence-corrected chi connectivity index (χ3v) is 4.58. The lowest BCUT2D eigenvalue weighted by Crippen LogP contribution is -2.47. The Morgan fingerprint density at radius 1 is 1.33 bits per heavy atom. The summed E-state index contributed by atoms with van der Waals surface area (Å²) in [6.45, 7) is 2.33. The molecule has 1 saturated carbocycles. The van der Waals surface area contributed by atoms with Crippen LogP contribution >= 0.6 is 15.9 Å². The fraction of sp³-hybridized carbons (Fsp3) is 0.600. The molecule has 1 aromatic carbocycles. The summed E-state index contributed by atoms with van der Waals surface area (Å²) in [6, 6.07) is 8.16. The Hall–Kier alpha value is -0.540. The van der Waals surface area contributed by atoms with E-state index >= 15 is 0 Å². The molecule has 2 N–H and O–H groups in total. The zero-order chi connectivity index (χ0) is 13.0. The Bertz CT molecular complexity index is 390. The van der Waals surface area contributed by atoms with Crippen LogP contribution in [0.15, 0.2) is 28.7 Å². The van der Waals surface area contributed by atoms with E-state index in [1.54, 1.807) is 0 Å². The molecule has 1 unspecified atom stereocenters. The van der Waals surface area contributed by atoms with Gasteiger partial charge in [-0.15, -0.1) is 0 Å². The van der Waals surface area contributed by atoms with Gasteiger partial charge in [-0.3, -0.25) is 0 Å². The van der Waals surface area contributed by atoms with E-state index in [1.165, 1.54) is 32.1 Å². The summed E-state index contributed by atoms with van der Waals surface area (Å²) in [5.74, 6) is 0.565. The zero-order valence-corrected chi connectivity index (χ0v) is 12.5. The summed E-state index contributed by atoms with van der Waals surface area (Å²) in [6.07, 6.45) is 6.37. The van der Waals surface area contributed by atoms with Crippen LogP contribution in [0.5, 0.6) is 0 Å². The molecule has 1 fully saturated rings. The van der Waals surface area contributed by atoms with Gasteiger partial charge in [-0.05, 0) is 43.9 Å². The number of anilines is 1. The van der Waals surface area contributed by atoms with Crippen molar-refractivity contribution in [2.75, 3.05) is 11.9 Å². The van der Waals surface area contributed by atoms with E-state index in [-0.39, 0.29) is 12.1 Å². The van der Waals surface area contributed by atoms with Crippen LogP contribution < -0.4 is 5.32 Å². The molecule has 0 spiro atoms. The van der Waals surface area contributed by atoms with Gasteiger partial charge in [-0.2, -0.15) is 0 Å². The van der Waals surface area contributed by atoms with E-state index in [4.69, 9.17) is 0 Å². The van der Waals surface area contributed by atoms with Crippen molar-refractivity contribution in [2.24, 2.45) is 5.92 Å². The van der Waals surface area contributed by atoms with Gasteiger partial charge in [0, 0.05) is 10.2 Å². The van der Waals surface area contributed by atoms with E-state index < -0.39 is 0 Å². The molecule has 1 aromatic rings. The zero-order valence-electron chi connectivity index (χ0n) is 11.0. The van der Waals surface area contributed by atoms with Crippen molar-refractivity contribution in [1.29, 1.82) is 0 Å². The van der Waals surface area contributed by atoms with Gasteiger partial charge in [0.15, 0.2) is 0 Å². The predicted molar refractivity (Wildman–Crippen MR) is 79.8 cm³/mol. The Labute approximate surface area is 118 Å². The molecular weight excluding hydrogens is 290 g/mol. The third kappa shape index (κ3) is 3.27. The van der Waals surface area contributed by atoms with Gasteiger partial charge in [0.05, 0.1) is 12.1 Å². The second-order valence-electron chi connectivity index (χ2n) is 5.55. The summed E-state index contributed by atoms with van der Waals surface area (Å²) < 4.78 is 1.07. The van der Waals surface area contributed by atoms with Crippen molar-refractivity contribution < 1.29 is 5.11 Å². The van der Waals surface area contributed by atoms with Gasteiger partial charge in [0.1, 0.15) is 0 Å². The van der Waals surface area contributed by atoms with Crippen molar-refractivity contribution in [1.82, 2.24) is 0 Å². The molecule has 0 aromatic heterocycles. The normalized spacial score (nSPS) is 20.4. The highest BCUT2D eigenvalue weighted by atomic mass is 79.9. The van der Waals surface area contributed by atoms with Crippen molar-refractivity contribution in [2.45, 2.75) is 44.6 Å².